The summed E-state index contributed by atoms with van der Waals surface area (Å²) in [6.07, 6.45) is 0.829. The Morgan fingerprint density at radius 3 is 2.10 bits per heavy atom. The number of nitrogens with two attached hydrogens (primary N) is 1. The Labute approximate surface area is 177 Å². The van der Waals surface area contributed by atoms with Gasteiger partial charge in [0.1, 0.15) is 5.75 Å². The average molecular weight is 419 g/mol. The summed E-state index contributed by atoms with van der Waals surface area (Å²) in [5.41, 5.74) is 9.57. The van der Waals surface area contributed by atoms with E-state index in [1.54, 1.807) is 19.2 Å². The number of hydrogen-bond acceptors (Lipinski definition) is 4. The normalized spacial score (nSPS) is 17.6. The molecular weight excluding hydrogens is 380 g/mol. The van der Waals surface area contributed by atoms with Crippen LogP contribution in [0.1, 0.15) is 65.2 Å². The van der Waals surface area contributed by atoms with E-state index in [1.165, 1.54) is 0 Å². The second kappa shape index (κ2) is 8.82. The quantitative estimate of drug-likeness (QED) is 0.354. The van der Waals surface area contributed by atoms with Crippen molar-refractivity contribution in [3.05, 3.63) is 29.8 Å². The summed E-state index contributed by atoms with van der Waals surface area (Å²) in [6, 6.07) is 3.64. The molecule has 1 atom stereocenters. The van der Waals surface area contributed by atoms with Crippen LogP contribution < -0.4 is 14.9 Å². The molecule has 1 aromatic rings. The zero-order valence-corrected chi connectivity index (χ0v) is 20.3. The number of methoxy groups -OCH3 is 1. The standard InChI is InChI=1S/C23H38N2O3Si/c1-14(2)29(15(3)4,16(5)6)28-22-12-20(24)19(11-21(22)27-9)23(26)25-13-17(7)10-18(25)8/h11-12,14-16,18H,7,10,13,24H2,1-6,8-9H3/t18-/m1/s1. The Balaban J connectivity index is 2.47. The van der Waals surface area contributed by atoms with Gasteiger partial charge in [0.25, 0.3) is 14.2 Å². The first-order valence-corrected chi connectivity index (χ1v) is 12.7. The number of nitrogen functional groups attached to an aromatic ring is 1. The molecule has 2 N–H and O–H groups in total. The number of carbonyl (C=O) groups is 1. The smallest absolute Gasteiger partial charge is 0.258 e. The number of likely N-dealkylation sites (tertiary alicyclic amines) is 1. The summed E-state index contributed by atoms with van der Waals surface area (Å²) in [5.74, 6) is 1.12. The topological polar surface area (TPSA) is 64.8 Å². The van der Waals surface area contributed by atoms with E-state index in [2.05, 4.69) is 48.1 Å². The first kappa shape index (κ1) is 23.3. The molecule has 0 radical (unpaired) electrons. The van der Waals surface area contributed by atoms with Crippen LogP contribution in [0.2, 0.25) is 16.6 Å². The van der Waals surface area contributed by atoms with Crippen molar-refractivity contribution in [2.24, 2.45) is 0 Å². The number of benzene rings is 1. The van der Waals surface area contributed by atoms with Gasteiger partial charge in [-0.2, -0.15) is 0 Å². The van der Waals surface area contributed by atoms with Gasteiger partial charge in [0.2, 0.25) is 0 Å². The minimum Gasteiger partial charge on any atom is -0.540 e. The summed E-state index contributed by atoms with van der Waals surface area (Å²) >= 11 is 0. The van der Waals surface area contributed by atoms with Crippen molar-refractivity contribution in [1.29, 1.82) is 0 Å². The molecule has 0 saturated carbocycles. The van der Waals surface area contributed by atoms with E-state index in [-0.39, 0.29) is 11.9 Å². The van der Waals surface area contributed by atoms with Gasteiger partial charge in [-0.25, -0.2) is 0 Å². The molecule has 2 rings (SSSR count). The van der Waals surface area contributed by atoms with E-state index in [9.17, 15) is 4.79 Å². The summed E-state index contributed by atoms with van der Waals surface area (Å²) < 4.78 is 12.4. The van der Waals surface area contributed by atoms with E-state index in [1.807, 2.05) is 11.8 Å². The molecule has 1 aliphatic rings. The van der Waals surface area contributed by atoms with Crippen LogP contribution in [0.15, 0.2) is 24.3 Å². The highest BCUT2D eigenvalue weighted by atomic mass is 28.4. The van der Waals surface area contributed by atoms with Gasteiger partial charge in [0, 0.05) is 24.3 Å². The molecular formula is C23H38N2O3Si. The highest BCUT2D eigenvalue weighted by molar-refractivity contribution is 6.78. The van der Waals surface area contributed by atoms with Gasteiger partial charge in [-0.05, 0) is 36.0 Å². The molecule has 0 aliphatic carbocycles. The Hall–Kier alpha value is -1.95. The predicted molar refractivity (Wildman–Crippen MR) is 123 cm³/mol. The molecule has 1 fully saturated rings. The SMILES string of the molecule is C=C1C[C@@H](C)N(C(=O)c2cc(OC)c(O[Si](C(C)C)(C(C)C)C(C)C)cc2N)C1. The van der Waals surface area contributed by atoms with E-state index in [0.717, 1.165) is 12.0 Å². The summed E-state index contributed by atoms with van der Waals surface area (Å²) in [4.78, 5) is 15.0. The Bertz CT molecular complexity index is 752. The summed E-state index contributed by atoms with van der Waals surface area (Å²) in [5, 5.41) is 0. The Morgan fingerprint density at radius 1 is 1.14 bits per heavy atom. The number of hydrogen-bond donors (Lipinski definition) is 1. The molecule has 0 spiro atoms. The van der Waals surface area contributed by atoms with Crippen molar-refractivity contribution < 1.29 is 14.0 Å². The van der Waals surface area contributed by atoms with Gasteiger partial charge < -0.3 is 19.8 Å². The molecule has 0 aromatic heterocycles. The molecule has 6 heteroatoms. The number of rotatable bonds is 7. The number of anilines is 1. The third kappa shape index (κ3) is 4.32. The van der Waals surface area contributed by atoms with Crippen LogP contribution in [0.5, 0.6) is 11.5 Å². The van der Waals surface area contributed by atoms with Gasteiger partial charge in [-0.15, -0.1) is 0 Å². The van der Waals surface area contributed by atoms with Crippen LogP contribution in [0.25, 0.3) is 0 Å². The fourth-order valence-electron chi connectivity index (χ4n) is 4.96. The Morgan fingerprint density at radius 2 is 1.69 bits per heavy atom. The van der Waals surface area contributed by atoms with E-state index in [4.69, 9.17) is 14.9 Å². The van der Waals surface area contributed by atoms with Gasteiger partial charge in [0.05, 0.1) is 12.7 Å². The number of amides is 1. The van der Waals surface area contributed by atoms with Crippen molar-refractivity contribution in [2.75, 3.05) is 19.4 Å². The van der Waals surface area contributed by atoms with Crippen LogP contribution in [0.3, 0.4) is 0 Å². The molecule has 1 aromatic carbocycles. The Kier molecular flexibility index (Phi) is 7.09. The van der Waals surface area contributed by atoms with Gasteiger partial charge >= 0.3 is 0 Å². The van der Waals surface area contributed by atoms with Gasteiger partial charge in [-0.1, -0.05) is 53.7 Å². The molecule has 1 amide bonds. The molecule has 162 valence electrons. The number of carbonyl (C=O) groups excluding carboxylic acids is 1. The lowest BCUT2D eigenvalue weighted by molar-refractivity contribution is 0.0751. The maximum atomic E-state index is 13.1. The fourth-order valence-corrected chi connectivity index (χ4v) is 10.2. The lowest BCUT2D eigenvalue weighted by Crippen LogP contribution is -2.50. The first-order chi connectivity index (χ1) is 13.4. The predicted octanol–water partition coefficient (Wildman–Crippen LogP) is 5.62. The third-order valence-corrected chi connectivity index (χ3v) is 12.3. The maximum Gasteiger partial charge on any atom is 0.258 e. The molecule has 1 aliphatic heterocycles. The monoisotopic (exact) mass is 418 g/mol. The molecule has 0 bridgehead atoms. The van der Waals surface area contributed by atoms with Crippen LogP contribution in [-0.4, -0.2) is 38.8 Å². The van der Waals surface area contributed by atoms with Crippen molar-refractivity contribution >= 4 is 19.9 Å². The summed E-state index contributed by atoms with van der Waals surface area (Å²) in [7, 11) is -0.564. The average Bonchev–Trinajstić information content (AvgIpc) is 2.96. The van der Waals surface area contributed by atoms with E-state index in [0.29, 0.717) is 45.9 Å². The highest BCUT2D eigenvalue weighted by Gasteiger charge is 2.47. The molecule has 5 nitrogen and oxygen atoms in total. The van der Waals surface area contributed by atoms with Crippen molar-refractivity contribution in [3.63, 3.8) is 0 Å². The summed E-state index contributed by atoms with van der Waals surface area (Å²) in [6.45, 7) is 20.1. The maximum absolute atomic E-state index is 13.1. The zero-order valence-electron chi connectivity index (χ0n) is 19.3. The lowest BCUT2D eigenvalue weighted by Gasteiger charge is -2.42. The molecule has 0 unspecified atom stereocenters. The van der Waals surface area contributed by atoms with Crippen LogP contribution in [0.4, 0.5) is 5.69 Å². The molecule has 1 saturated heterocycles. The number of nitrogens with zero attached hydrogens (tertiary/aromatic N) is 1. The minimum atomic E-state index is -2.17. The van der Waals surface area contributed by atoms with Crippen molar-refractivity contribution in [1.82, 2.24) is 4.90 Å². The van der Waals surface area contributed by atoms with Gasteiger partial charge in [-0.3, -0.25) is 4.79 Å². The largest absolute Gasteiger partial charge is 0.540 e. The van der Waals surface area contributed by atoms with Crippen LogP contribution in [0, 0.1) is 0 Å². The number of ether oxygens (including phenoxy) is 1. The molecule has 29 heavy (non-hydrogen) atoms. The second-order valence-electron chi connectivity index (χ2n) is 9.25. The third-order valence-electron chi connectivity index (χ3n) is 6.33. The van der Waals surface area contributed by atoms with E-state index < -0.39 is 8.32 Å². The van der Waals surface area contributed by atoms with Crippen molar-refractivity contribution in [2.45, 2.75) is 77.6 Å². The van der Waals surface area contributed by atoms with Crippen LogP contribution in [-0.2, 0) is 0 Å². The van der Waals surface area contributed by atoms with E-state index >= 15 is 0 Å². The first-order valence-electron chi connectivity index (χ1n) is 10.6. The highest BCUT2D eigenvalue weighted by Crippen LogP contribution is 2.45. The molecule has 1 heterocycles. The van der Waals surface area contributed by atoms with Gasteiger partial charge in [0.15, 0.2) is 5.75 Å². The fraction of sp³-hybridized carbons (Fsp3) is 0.609. The lowest BCUT2D eigenvalue weighted by atomic mass is 10.1. The van der Waals surface area contributed by atoms with Crippen LogP contribution >= 0.6 is 0 Å². The minimum absolute atomic E-state index is 0.0846. The zero-order chi connectivity index (χ0) is 22.1. The second-order valence-corrected chi connectivity index (χ2v) is 14.6. The van der Waals surface area contributed by atoms with Crippen molar-refractivity contribution in [3.8, 4) is 11.5 Å².